The van der Waals surface area contributed by atoms with Crippen LogP contribution in [0.1, 0.15) is 78.5 Å². The second-order valence-corrected chi connectivity index (χ2v) is 11.7. The van der Waals surface area contributed by atoms with Gasteiger partial charge in [0.25, 0.3) is 0 Å². The van der Waals surface area contributed by atoms with Gasteiger partial charge >= 0.3 is 0 Å². The predicted octanol–water partition coefficient (Wildman–Crippen LogP) is 7.72. The van der Waals surface area contributed by atoms with Crippen LogP contribution >= 0.6 is 27.5 Å². The summed E-state index contributed by atoms with van der Waals surface area (Å²) in [4.78, 5) is 19.0. The Kier molecular flexibility index (Phi) is 5.48. The highest BCUT2D eigenvalue weighted by molar-refractivity contribution is 9.10. The van der Waals surface area contributed by atoms with Crippen LogP contribution in [0.3, 0.4) is 0 Å². The van der Waals surface area contributed by atoms with Gasteiger partial charge < -0.3 is 9.72 Å². The smallest absolute Gasteiger partial charge is 0.151 e. The topological polar surface area (TPSA) is 68.0 Å². The van der Waals surface area contributed by atoms with Gasteiger partial charge in [-0.2, -0.15) is 0 Å². The number of rotatable bonds is 6. The molecule has 0 aliphatic heterocycles. The number of anilines is 1. The van der Waals surface area contributed by atoms with E-state index < -0.39 is 0 Å². The van der Waals surface area contributed by atoms with Crippen LogP contribution in [0.2, 0.25) is 5.02 Å². The molecular formula is C29H26BrClN6. The van der Waals surface area contributed by atoms with E-state index in [1.54, 1.807) is 0 Å². The fourth-order valence-electron chi connectivity index (χ4n) is 5.21. The van der Waals surface area contributed by atoms with Gasteiger partial charge in [-0.05, 0) is 96.9 Å². The van der Waals surface area contributed by atoms with Gasteiger partial charge in [0, 0.05) is 52.9 Å². The maximum atomic E-state index is 6.70. The Morgan fingerprint density at radius 3 is 2.73 bits per heavy atom. The number of aryl methyl sites for hydroxylation is 1. The second-order valence-electron chi connectivity index (χ2n) is 10.4. The minimum Gasteiger partial charge on any atom is -0.377 e. The molecule has 1 aromatic carbocycles. The summed E-state index contributed by atoms with van der Waals surface area (Å²) >= 11 is 10.4. The van der Waals surface area contributed by atoms with Crippen molar-refractivity contribution in [1.29, 1.82) is 0 Å². The number of benzene rings is 1. The summed E-state index contributed by atoms with van der Waals surface area (Å²) in [5.74, 6) is 2.20. The highest BCUT2D eigenvalue weighted by Crippen LogP contribution is 2.53. The molecule has 2 fully saturated rings. The molecule has 1 N–H and O–H groups in total. The molecule has 8 heteroatoms. The molecule has 186 valence electrons. The molecule has 0 saturated heterocycles. The maximum Gasteiger partial charge on any atom is 0.151 e. The average molecular weight is 574 g/mol. The molecule has 1 unspecified atom stereocenters. The van der Waals surface area contributed by atoms with E-state index in [2.05, 4.69) is 73.1 Å². The van der Waals surface area contributed by atoms with Crippen LogP contribution in [0.25, 0.3) is 16.6 Å². The van der Waals surface area contributed by atoms with Crippen molar-refractivity contribution >= 4 is 49.8 Å². The summed E-state index contributed by atoms with van der Waals surface area (Å²) in [6.07, 6.45) is 9.73. The number of halogens is 2. The van der Waals surface area contributed by atoms with Crippen LogP contribution < -0.4 is 5.32 Å². The Morgan fingerprint density at radius 2 is 1.92 bits per heavy atom. The number of imidazole rings is 1. The van der Waals surface area contributed by atoms with Crippen molar-refractivity contribution in [2.75, 3.05) is 5.32 Å². The van der Waals surface area contributed by atoms with Gasteiger partial charge in [0.05, 0.1) is 26.7 Å². The quantitative estimate of drug-likeness (QED) is 0.225. The number of nitrogens with zero attached hydrogens (tertiary/aromatic N) is 5. The van der Waals surface area contributed by atoms with Crippen LogP contribution in [-0.4, -0.2) is 24.3 Å². The normalized spacial score (nSPS) is 19.9. The van der Waals surface area contributed by atoms with Gasteiger partial charge in [0.2, 0.25) is 0 Å². The Balaban J connectivity index is 1.14. The maximum absolute atomic E-state index is 6.70. The van der Waals surface area contributed by atoms with Gasteiger partial charge in [0.15, 0.2) is 5.65 Å². The lowest BCUT2D eigenvalue weighted by atomic mass is 10.1. The lowest BCUT2D eigenvalue weighted by Crippen LogP contribution is -2.07. The van der Waals surface area contributed by atoms with E-state index in [1.165, 1.54) is 18.4 Å². The van der Waals surface area contributed by atoms with E-state index in [9.17, 15) is 0 Å². The van der Waals surface area contributed by atoms with E-state index in [1.807, 2.05) is 31.3 Å². The Morgan fingerprint density at radius 1 is 1.05 bits per heavy atom. The molecular weight excluding hydrogens is 548 g/mol. The van der Waals surface area contributed by atoms with Crippen molar-refractivity contribution in [2.24, 2.45) is 0 Å². The lowest BCUT2D eigenvalue weighted by Gasteiger charge is -2.14. The van der Waals surface area contributed by atoms with E-state index in [0.29, 0.717) is 17.8 Å². The number of aromatic nitrogens is 5. The number of fused-ring (bicyclic) bond motifs is 2. The molecule has 2 saturated carbocycles. The monoisotopic (exact) mass is 572 g/mol. The van der Waals surface area contributed by atoms with Crippen molar-refractivity contribution in [1.82, 2.24) is 24.3 Å². The van der Waals surface area contributed by atoms with Crippen molar-refractivity contribution in [3.8, 4) is 0 Å². The number of hydrogen-bond donors (Lipinski definition) is 1. The Bertz CT molecular complexity index is 1680. The van der Waals surface area contributed by atoms with Crippen LogP contribution in [0.15, 0.2) is 59.5 Å². The van der Waals surface area contributed by atoms with Crippen LogP contribution in [0.5, 0.6) is 0 Å². The summed E-state index contributed by atoms with van der Waals surface area (Å²) in [5.41, 5.74) is 7.20. The minimum absolute atomic E-state index is 0.0264. The van der Waals surface area contributed by atoms with E-state index in [-0.39, 0.29) is 6.04 Å². The van der Waals surface area contributed by atoms with Gasteiger partial charge in [-0.1, -0.05) is 11.6 Å². The highest BCUT2D eigenvalue weighted by atomic mass is 79.9. The van der Waals surface area contributed by atoms with Crippen LogP contribution in [-0.2, 0) is 0 Å². The molecule has 2 aliphatic carbocycles. The average Bonchev–Trinajstić information content (AvgIpc) is 3.80. The Hall–Kier alpha value is -3.03. The number of pyridine rings is 2. The summed E-state index contributed by atoms with van der Waals surface area (Å²) in [7, 11) is 0. The van der Waals surface area contributed by atoms with Gasteiger partial charge in [-0.25, -0.2) is 15.0 Å². The zero-order chi connectivity index (χ0) is 25.3. The van der Waals surface area contributed by atoms with Gasteiger partial charge in [0.1, 0.15) is 5.82 Å². The fraction of sp³-hybridized carbons (Fsp3) is 0.310. The summed E-state index contributed by atoms with van der Waals surface area (Å²) in [5, 5.41) is 5.30. The summed E-state index contributed by atoms with van der Waals surface area (Å²) in [6.45, 7) is 4.13. The molecule has 4 aromatic heterocycles. The molecule has 3 atom stereocenters. The first-order valence-electron chi connectivity index (χ1n) is 12.8. The predicted molar refractivity (Wildman–Crippen MR) is 151 cm³/mol. The first kappa shape index (κ1) is 23.1. The molecule has 6 nitrogen and oxygen atoms in total. The second kappa shape index (κ2) is 8.77. The molecule has 0 bridgehead atoms. The third-order valence-electron chi connectivity index (χ3n) is 7.52. The van der Waals surface area contributed by atoms with Crippen molar-refractivity contribution in [3.63, 3.8) is 0 Å². The SMILES string of the molecule is Cc1ccnc([C@H]2C[C@@H]2c2cc(Cl)c3ccc(NC(C)c4cn5cc(C6CC6)cc(Br)c5n4)cc3n2)n1. The lowest BCUT2D eigenvalue weighted by molar-refractivity contribution is 0.851. The summed E-state index contributed by atoms with van der Waals surface area (Å²) in [6, 6.07) is 12.4. The van der Waals surface area contributed by atoms with E-state index in [4.69, 9.17) is 21.6 Å². The van der Waals surface area contributed by atoms with E-state index in [0.717, 1.165) is 61.1 Å². The molecule has 0 radical (unpaired) electrons. The zero-order valence-electron chi connectivity index (χ0n) is 20.6. The van der Waals surface area contributed by atoms with Crippen molar-refractivity contribution in [3.05, 3.63) is 93.0 Å². The molecule has 7 rings (SSSR count). The van der Waals surface area contributed by atoms with E-state index >= 15 is 0 Å². The summed E-state index contributed by atoms with van der Waals surface area (Å²) < 4.78 is 3.19. The highest BCUT2D eigenvalue weighted by Gasteiger charge is 2.43. The third kappa shape index (κ3) is 4.38. The number of hydrogen-bond acceptors (Lipinski definition) is 5. The van der Waals surface area contributed by atoms with Gasteiger partial charge in [-0.3, -0.25) is 4.98 Å². The fourth-order valence-corrected chi connectivity index (χ4v) is 6.04. The Labute approximate surface area is 228 Å². The standard InChI is InChI=1S/C29H26BrClN6/c1-15-7-8-32-28(33-15)22-11-21(22)26-12-24(31)20-6-5-19(10-25(20)35-26)34-16(2)27-14-37-13-18(17-3-4-17)9-23(30)29(37)36-27/h5-10,12-14,16-17,21-22,34H,3-4,11H2,1-2H3/t16?,21-,22-/m0/s1. The molecule has 37 heavy (non-hydrogen) atoms. The van der Waals surface area contributed by atoms with Crippen LogP contribution in [0, 0.1) is 6.92 Å². The minimum atomic E-state index is 0.0264. The molecule has 0 spiro atoms. The first-order valence-corrected chi connectivity index (χ1v) is 13.9. The largest absolute Gasteiger partial charge is 0.377 e. The van der Waals surface area contributed by atoms with Crippen molar-refractivity contribution in [2.45, 2.75) is 56.9 Å². The number of nitrogens with one attached hydrogen (secondary N) is 1. The third-order valence-corrected chi connectivity index (χ3v) is 8.41. The molecule has 5 aromatic rings. The van der Waals surface area contributed by atoms with Crippen LogP contribution in [0.4, 0.5) is 5.69 Å². The molecule has 0 amide bonds. The van der Waals surface area contributed by atoms with Crippen molar-refractivity contribution < 1.29 is 0 Å². The molecule has 4 heterocycles. The first-order chi connectivity index (χ1) is 17.9. The zero-order valence-corrected chi connectivity index (χ0v) is 23.0. The molecule has 2 aliphatic rings. The van der Waals surface area contributed by atoms with Gasteiger partial charge in [-0.15, -0.1) is 0 Å².